The van der Waals surface area contributed by atoms with Crippen molar-refractivity contribution in [2.24, 2.45) is 0 Å². The number of benzene rings is 1. The van der Waals surface area contributed by atoms with Crippen LogP contribution >= 0.6 is 23.7 Å². The van der Waals surface area contributed by atoms with Gasteiger partial charge in [-0.1, -0.05) is 0 Å². The Bertz CT molecular complexity index is 633. The maximum Gasteiger partial charge on any atom is 0.120 e. The summed E-state index contributed by atoms with van der Waals surface area (Å²) in [4.78, 5) is 7.49. The summed E-state index contributed by atoms with van der Waals surface area (Å²) in [6.07, 6.45) is 3.96. The second kappa shape index (κ2) is 6.71. The van der Waals surface area contributed by atoms with Crippen LogP contribution in [0.15, 0.2) is 18.2 Å². The maximum absolute atomic E-state index is 5.30. The molecule has 1 aromatic carbocycles. The van der Waals surface area contributed by atoms with Crippen LogP contribution in [0.3, 0.4) is 0 Å². The lowest BCUT2D eigenvalue weighted by Crippen LogP contribution is -2.37. The van der Waals surface area contributed by atoms with Crippen molar-refractivity contribution in [1.82, 2.24) is 15.2 Å². The van der Waals surface area contributed by atoms with Gasteiger partial charge in [0.1, 0.15) is 10.8 Å². The number of hydrogen-bond acceptors (Lipinski definition) is 5. The fourth-order valence-electron chi connectivity index (χ4n) is 3.64. The van der Waals surface area contributed by atoms with Crippen LogP contribution in [0.2, 0.25) is 0 Å². The average Bonchev–Trinajstić information content (AvgIpc) is 2.98. The van der Waals surface area contributed by atoms with E-state index in [9.17, 15) is 0 Å². The van der Waals surface area contributed by atoms with Crippen LogP contribution in [-0.4, -0.2) is 42.2 Å². The predicted octanol–water partition coefficient (Wildman–Crippen LogP) is 3.05. The van der Waals surface area contributed by atoms with E-state index in [1.54, 1.807) is 18.4 Å². The molecule has 4 nitrogen and oxygen atoms in total. The molecule has 1 N–H and O–H groups in total. The Labute approximate surface area is 141 Å². The summed E-state index contributed by atoms with van der Waals surface area (Å²) in [6.45, 7) is 3.29. The molecule has 2 aromatic rings. The molecule has 0 aliphatic carbocycles. The zero-order valence-electron chi connectivity index (χ0n) is 12.7. The van der Waals surface area contributed by atoms with E-state index < -0.39 is 0 Å². The van der Waals surface area contributed by atoms with E-state index in [2.05, 4.69) is 22.3 Å². The van der Waals surface area contributed by atoms with Crippen LogP contribution in [0.4, 0.5) is 0 Å². The highest BCUT2D eigenvalue weighted by molar-refractivity contribution is 7.18. The number of methoxy groups -OCH3 is 1. The van der Waals surface area contributed by atoms with Crippen LogP contribution in [-0.2, 0) is 6.54 Å². The molecule has 2 aliphatic rings. The van der Waals surface area contributed by atoms with Gasteiger partial charge in [-0.15, -0.1) is 23.7 Å². The van der Waals surface area contributed by atoms with E-state index in [-0.39, 0.29) is 12.4 Å². The van der Waals surface area contributed by atoms with Gasteiger partial charge in [-0.25, -0.2) is 4.98 Å². The standard InChI is InChI=1S/C16H21N3OS.ClH/c1-20-13-4-5-14-15(8-13)21-16(18-14)10-19-11-2-3-12(19)9-17-7-6-11;/h4-5,8,11-12,17H,2-3,6-7,9-10H2,1H3;1H. The Morgan fingerprint density at radius 1 is 1.32 bits per heavy atom. The van der Waals surface area contributed by atoms with Gasteiger partial charge in [0.25, 0.3) is 0 Å². The Balaban J connectivity index is 0.00000144. The molecule has 120 valence electrons. The van der Waals surface area contributed by atoms with E-state index in [4.69, 9.17) is 9.72 Å². The summed E-state index contributed by atoms with van der Waals surface area (Å²) in [6, 6.07) is 7.58. The highest BCUT2D eigenvalue weighted by Crippen LogP contribution is 2.32. The second-order valence-corrected chi connectivity index (χ2v) is 7.11. The normalized spacial score (nSPS) is 25.0. The molecule has 0 saturated carbocycles. The van der Waals surface area contributed by atoms with Crippen molar-refractivity contribution in [3.63, 3.8) is 0 Å². The molecule has 2 aliphatic heterocycles. The molecular formula is C16H22ClN3OS. The van der Waals surface area contributed by atoms with Crippen LogP contribution in [0.5, 0.6) is 5.75 Å². The van der Waals surface area contributed by atoms with E-state index in [1.165, 1.54) is 29.0 Å². The maximum atomic E-state index is 5.30. The summed E-state index contributed by atoms with van der Waals surface area (Å²) in [5.41, 5.74) is 1.09. The van der Waals surface area contributed by atoms with Crippen LogP contribution in [0, 0.1) is 0 Å². The van der Waals surface area contributed by atoms with Crippen LogP contribution < -0.4 is 10.1 Å². The third-order valence-electron chi connectivity index (χ3n) is 4.76. The zero-order valence-corrected chi connectivity index (χ0v) is 14.4. The topological polar surface area (TPSA) is 37.4 Å². The largest absolute Gasteiger partial charge is 0.497 e. The Morgan fingerprint density at radius 3 is 3.05 bits per heavy atom. The third kappa shape index (κ3) is 2.95. The molecule has 4 rings (SSSR count). The number of aromatic nitrogens is 1. The van der Waals surface area contributed by atoms with Gasteiger partial charge in [-0.3, -0.25) is 4.90 Å². The minimum Gasteiger partial charge on any atom is -0.497 e. The predicted molar refractivity (Wildman–Crippen MR) is 93.3 cm³/mol. The van der Waals surface area contributed by atoms with Gasteiger partial charge in [-0.05, 0) is 44.0 Å². The lowest BCUT2D eigenvalue weighted by Gasteiger charge is -2.26. The molecule has 2 atom stereocenters. The fourth-order valence-corrected chi connectivity index (χ4v) is 4.65. The number of nitrogens with zero attached hydrogens (tertiary/aromatic N) is 2. The summed E-state index contributed by atoms with van der Waals surface area (Å²) in [7, 11) is 1.71. The molecule has 1 aromatic heterocycles. The van der Waals surface area contributed by atoms with Crippen molar-refractivity contribution in [2.75, 3.05) is 20.2 Å². The van der Waals surface area contributed by atoms with Crippen molar-refractivity contribution < 1.29 is 4.74 Å². The molecule has 0 spiro atoms. The molecule has 22 heavy (non-hydrogen) atoms. The number of thiazole rings is 1. The molecule has 2 unspecified atom stereocenters. The second-order valence-electron chi connectivity index (χ2n) is 5.99. The summed E-state index contributed by atoms with van der Waals surface area (Å²) in [5.74, 6) is 0.914. The van der Waals surface area contributed by atoms with Crippen molar-refractivity contribution in [3.8, 4) is 5.75 Å². The lowest BCUT2D eigenvalue weighted by molar-refractivity contribution is 0.193. The van der Waals surface area contributed by atoms with Crippen LogP contribution in [0.1, 0.15) is 24.3 Å². The molecule has 6 heteroatoms. The van der Waals surface area contributed by atoms with Gasteiger partial charge < -0.3 is 10.1 Å². The van der Waals surface area contributed by atoms with Gasteiger partial charge in [0.05, 0.1) is 23.9 Å². The molecule has 3 heterocycles. The van der Waals surface area contributed by atoms with E-state index in [0.717, 1.165) is 36.9 Å². The molecular weight excluding hydrogens is 318 g/mol. The fraction of sp³-hybridized carbons (Fsp3) is 0.562. The first-order valence-corrected chi connectivity index (χ1v) is 8.55. The van der Waals surface area contributed by atoms with E-state index >= 15 is 0 Å². The Kier molecular flexibility index (Phi) is 4.88. The quantitative estimate of drug-likeness (QED) is 0.932. The van der Waals surface area contributed by atoms with Gasteiger partial charge in [-0.2, -0.15) is 0 Å². The van der Waals surface area contributed by atoms with Crippen molar-refractivity contribution in [2.45, 2.75) is 37.9 Å². The van der Waals surface area contributed by atoms with Gasteiger partial charge >= 0.3 is 0 Å². The van der Waals surface area contributed by atoms with Crippen molar-refractivity contribution in [1.29, 1.82) is 0 Å². The molecule has 2 fully saturated rings. The number of hydrogen-bond donors (Lipinski definition) is 1. The first kappa shape index (κ1) is 16.0. The number of ether oxygens (including phenoxy) is 1. The first-order chi connectivity index (χ1) is 10.3. The lowest BCUT2D eigenvalue weighted by atomic mass is 10.1. The summed E-state index contributed by atoms with van der Waals surface area (Å²) in [5, 5.41) is 4.79. The van der Waals surface area contributed by atoms with Gasteiger partial charge in [0, 0.05) is 18.6 Å². The molecule has 2 saturated heterocycles. The van der Waals surface area contributed by atoms with Gasteiger partial charge in [0.15, 0.2) is 0 Å². The minimum absolute atomic E-state index is 0. The molecule has 2 bridgehead atoms. The highest BCUT2D eigenvalue weighted by atomic mass is 35.5. The van der Waals surface area contributed by atoms with Crippen molar-refractivity contribution in [3.05, 3.63) is 23.2 Å². The monoisotopic (exact) mass is 339 g/mol. The first-order valence-electron chi connectivity index (χ1n) is 7.73. The van der Waals surface area contributed by atoms with Gasteiger partial charge in [0.2, 0.25) is 0 Å². The SMILES string of the molecule is COc1ccc2nc(CN3C4CCNCC3CC4)sc2c1.Cl. The summed E-state index contributed by atoms with van der Waals surface area (Å²) >= 11 is 1.81. The number of rotatable bonds is 3. The van der Waals surface area contributed by atoms with Crippen LogP contribution in [0.25, 0.3) is 10.2 Å². The van der Waals surface area contributed by atoms with E-state index in [0.29, 0.717) is 6.04 Å². The smallest absolute Gasteiger partial charge is 0.120 e. The average molecular weight is 340 g/mol. The number of fused-ring (bicyclic) bond motifs is 3. The highest BCUT2D eigenvalue weighted by Gasteiger charge is 2.35. The Morgan fingerprint density at radius 2 is 2.18 bits per heavy atom. The summed E-state index contributed by atoms with van der Waals surface area (Å²) < 4.78 is 6.53. The Hall–Kier alpha value is -0.880. The third-order valence-corrected chi connectivity index (χ3v) is 5.77. The molecule has 0 amide bonds. The number of nitrogens with one attached hydrogen (secondary N) is 1. The molecule has 0 radical (unpaired) electrons. The number of halogens is 1. The van der Waals surface area contributed by atoms with E-state index in [1.807, 2.05) is 6.07 Å². The van der Waals surface area contributed by atoms with Crippen molar-refractivity contribution >= 4 is 34.0 Å². The zero-order chi connectivity index (χ0) is 14.2. The minimum atomic E-state index is 0.